The maximum atomic E-state index is 12.6. The van der Waals surface area contributed by atoms with Crippen LogP contribution in [0.3, 0.4) is 0 Å². The minimum atomic E-state index is -3.94. The predicted molar refractivity (Wildman–Crippen MR) is 218 cm³/mol. The number of benzene rings is 2. The first-order valence-corrected chi connectivity index (χ1v) is 21.7. The second-order valence-corrected chi connectivity index (χ2v) is 17.6. The van der Waals surface area contributed by atoms with Crippen LogP contribution >= 0.6 is 0 Å². The summed E-state index contributed by atoms with van der Waals surface area (Å²) in [4.78, 5) is 16.5. The van der Waals surface area contributed by atoms with Gasteiger partial charge in [0.15, 0.2) is 22.2 Å². The number of carboxylic acid groups (broad SMARTS) is 1. The lowest BCUT2D eigenvalue weighted by Crippen LogP contribution is -2.33. The van der Waals surface area contributed by atoms with E-state index in [1.807, 2.05) is 67.7 Å². The van der Waals surface area contributed by atoms with E-state index in [1.54, 1.807) is 25.3 Å². The molecule has 15 heteroatoms. The summed E-state index contributed by atoms with van der Waals surface area (Å²) < 4.78 is 69.9. The number of carbonyl (C=O) groups is 1. The predicted octanol–water partition coefficient (Wildman–Crippen LogP) is 7.10. The van der Waals surface area contributed by atoms with Gasteiger partial charge in [-0.3, -0.25) is 22.3 Å². The van der Waals surface area contributed by atoms with Crippen LogP contribution in [0.25, 0.3) is 0 Å². The molecule has 3 rings (SSSR count). The van der Waals surface area contributed by atoms with E-state index in [0.29, 0.717) is 62.3 Å². The number of nitrogens with zero attached hydrogens (tertiary/aromatic N) is 1. The highest BCUT2D eigenvalue weighted by Gasteiger charge is 2.39. The average molecular weight is 819 g/mol. The Bertz CT molecular complexity index is 1920. The number of unbranched alkanes of at least 4 members (excludes halogenated alkanes) is 2. The smallest absolute Gasteiger partial charge is 0.303 e. The third kappa shape index (κ3) is 13.0. The molecule has 4 unspecified atom stereocenters. The van der Waals surface area contributed by atoms with E-state index in [9.17, 15) is 21.6 Å². The molecule has 4 atom stereocenters. The molecule has 2 N–H and O–H groups in total. The van der Waals surface area contributed by atoms with Crippen LogP contribution < -0.4 is 5.32 Å². The number of anilines is 1. The number of aliphatic carboxylic acids is 1. The van der Waals surface area contributed by atoms with Crippen LogP contribution in [0.1, 0.15) is 69.9 Å². The van der Waals surface area contributed by atoms with E-state index in [4.69, 9.17) is 27.4 Å². The largest absolute Gasteiger partial charge is 0.481 e. The molecular weight excluding hydrogens is 765 g/mol. The molecule has 0 saturated heterocycles. The number of methoxy groups -OCH3 is 1. The van der Waals surface area contributed by atoms with Gasteiger partial charge in [0.05, 0.1) is 31.1 Å². The highest BCUT2D eigenvalue weighted by atomic mass is 32.2. The highest BCUT2D eigenvalue weighted by Crippen LogP contribution is 2.47. The maximum Gasteiger partial charge on any atom is 0.303 e. The van der Waals surface area contributed by atoms with Crippen LogP contribution in [-0.2, 0) is 65.2 Å². The van der Waals surface area contributed by atoms with Crippen molar-refractivity contribution in [3.63, 3.8) is 0 Å². The molecule has 0 spiro atoms. The van der Waals surface area contributed by atoms with Gasteiger partial charge in [0.1, 0.15) is 0 Å². The Morgan fingerprint density at radius 3 is 2.40 bits per heavy atom. The van der Waals surface area contributed by atoms with E-state index < -0.39 is 49.1 Å². The highest BCUT2D eigenvalue weighted by molar-refractivity contribution is 7.86. The summed E-state index contributed by atoms with van der Waals surface area (Å²) in [6, 6.07) is 12.2. The van der Waals surface area contributed by atoms with Gasteiger partial charge < -0.3 is 15.2 Å². The fraction of sp³-hybridized carbons (Fsp3) is 0.450. The van der Waals surface area contributed by atoms with E-state index in [2.05, 4.69) is 12.2 Å². The van der Waals surface area contributed by atoms with Crippen molar-refractivity contribution in [2.45, 2.75) is 79.4 Å². The second-order valence-electron chi connectivity index (χ2n) is 13.2. The van der Waals surface area contributed by atoms with Crippen molar-refractivity contribution < 1.29 is 44.0 Å². The van der Waals surface area contributed by atoms with Gasteiger partial charge in [0, 0.05) is 60.4 Å². The summed E-state index contributed by atoms with van der Waals surface area (Å²) in [5.74, 6) is -0.436. The SMILES string of the molecule is COCCC(C)(C(/C=C/C=C/C=C/C=C1/Nc2ccc(S(=O)OC)cc2C1(C)CCCS(=O)OC)=N/CCCCCC(=O)O)c1cccc(S(=O)(=O)OC)c1. The zero-order chi connectivity index (χ0) is 40.5. The molecule has 55 heavy (non-hydrogen) atoms. The van der Waals surface area contributed by atoms with Gasteiger partial charge in [0.2, 0.25) is 0 Å². The standard InChI is InChI=1S/C40H54N2O10S3/c1-39(25-27-49-3,31-17-15-18-33(29-31)55(47,48)52-6)36(41-26-14-10-13-21-38(43)44)19-11-8-7-9-12-20-37-40(2,24-16-28-53(45)50-4)34-30-32(54(46)51-5)22-23-35(34)42-37/h7-9,11-12,15,17-20,22-23,29-30,42H,10,13-14,16,21,24-28H2,1-6H3,(H,43,44)/b8-7+,12-9+,19-11+,37-20+,41-36+. The van der Waals surface area contributed by atoms with Crippen LogP contribution in [0.2, 0.25) is 0 Å². The first-order chi connectivity index (χ1) is 26.2. The van der Waals surface area contributed by atoms with E-state index in [-0.39, 0.29) is 11.3 Å². The maximum absolute atomic E-state index is 12.6. The fourth-order valence-corrected chi connectivity index (χ4v) is 8.16. The number of ether oxygens (including phenoxy) is 1. The Hall–Kier alpha value is -3.57. The summed E-state index contributed by atoms with van der Waals surface area (Å²) >= 11 is -2.97. The molecule has 0 bridgehead atoms. The minimum Gasteiger partial charge on any atom is -0.481 e. The molecular formula is C40H54N2O10S3. The molecule has 2 aromatic carbocycles. The molecule has 302 valence electrons. The third-order valence-corrected chi connectivity index (χ3v) is 12.8. The van der Waals surface area contributed by atoms with Crippen molar-refractivity contribution in [2.24, 2.45) is 4.99 Å². The quantitative estimate of drug-likeness (QED) is 0.0480. The number of hydrogen-bond donors (Lipinski definition) is 2. The van der Waals surface area contributed by atoms with Crippen LogP contribution in [0.5, 0.6) is 0 Å². The number of hydrogen-bond acceptors (Lipinski definition) is 11. The van der Waals surface area contributed by atoms with Crippen LogP contribution in [0, 0.1) is 0 Å². The number of rotatable bonds is 24. The molecule has 0 fully saturated rings. The van der Waals surface area contributed by atoms with Crippen molar-refractivity contribution >= 4 is 49.6 Å². The molecule has 0 radical (unpaired) electrons. The second kappa shape index (κ2) is 22.2. The zero-order valence-electron chi connectivity index (χ0n) is 32.4. The number of allylic oxidation sites excluding steroid dienone is 8. The molecule has 1 heterocycles. The summed E-state index contributed by atoms with van der Waals surface area (Å²) in [6.07, 6.45) is 17.3. The van der Waals surface area contributed by atoms with E-state index in [0.717, 1.165) is 35.3 Å². The summed E-state index contributed by atoms with van der Waals surface area (Å²) in [6.45, 7) is 4.96. The lowest BCUT2D eigenvalue weighted by Gasteiger charge is -2.31. The molecule has 1 aliphatic heterocycles. The minimum absolute atomic E-state index is 0.0403. The van der Waals surface area contributed by atoms with Gasteiger partial charge in [-0.05, 0) is 99.6 Å². The van der Waals surface area contributed by atoms with Gasteiger partial charge in [-0.25, -0.2) is 8.42 Å². The number of carboxylic acids is 1. The monoisotopic (exact) mass is 818 g/mol. The van der Waals surface area contributed by atoms with Gasteiger partial charge in [0.25, 0.3) is 10.1 Å². The van der Waals surface area contributed by atoms with Crippen molar-refractivity contribution in [3.8, 4) is 0 Å². The van der Waals surface area contributed by atoms with Gasteiger partial charge in [-0.15, -0.1) is 0 Å². The van der Waals surface area contributed by atoms with Crippen LogP contribution in [0.4, 0.5) is 5.69 Å². The van der Waals surface area contributed by atoms with Crippen molar-refractivity contribution in [2.75, 3.05) is 52.7 Å². The Morgan fingerprint density at radius 2 is 1.71 bits per heavy atom. The lowest BCUT2D eigenvalue weighted by molar-refractivity contribution is -0.137. The molecule has 0 aliphatic carbocycles. The average Bonchev–Trinajstić information content (AvgIpc) is 3.46. The van der Waals surface area contributed by atoms with E-state index >= 15 is 0 Å². The van der Waals surface area contributed by atoms with Crippen molar-refractivity contribution in [1.82, 2.24) is 0 Å². The molecule has 0 aromatic heterocycles. The molecule has 0 saturated carbocycles. The summed E-state index contributed by atoms with van der Waals surface area (Å²) in [7, 11) is 1.63. The Morgan fingerprint density at radius 1 is 0.964 bits per heavy atom. The van der Waals surface area contributed by atoms with Crippen molar-refractivity contribution in [3.05, 3.63) is 102 Å². The topological polar surface area (TPSA) is 167 Å². The Balaban J connectivity index is 1.91. The Kier molecular flexibility index (Phi) is 18.5. The first kappa shape index (κ1) is 45.8. The van der Waals surface area contributed by atoms with Crippen LogP contribution in [0.15, 0.2) is 105 Å². The molecule has 1 aliphatic rings. The van der Waals surface area contributed by atoms with Gasteiger partial charge in [-0.1, -0.05) is 48.9 Å². The first-order valence-electron chi connectivity index (χ1n) is 18.0. The number of aliphatic imine (C=N–C) groups is 1. The third-order valence-electron chi connectivity index (χ3n) is 9.61. The van der Waals surface area contributed by atoms with Gasteiger partial charge >= 0.3 is 5.97 Å². The zero-order valence-corrected chi connectivity index (χ0v) is 34.9. The molecule has 12 nitrogen and oxygen atoms in total. The molecule has 2 aromatic rings. The van der Waals surface area contributed by atoms with Crippen LogP contribution in [-0.4, -0.2) is 81.0 Å². The fourth-order valence-electron chi connectivity index (χ4n) is 6.32. The van der Waals surface area contributed by atoms with E-state index in [1.165, 1.54) is 20.3 Å². The number of nitrogens with one attached hydrogen (secondary N) is 1. The summed E-state index contributed by atoms with van der Waals surface area (Å²) in [5, 5.41) is 12.5. The molecule has 0 amide bonds. The number of fused-ring (bicyclic) bond motifs is 1. The van der Waals surface area contributed by atoms with Crippen molar-refractivity contribution in [1.29, 1.82) is 0 Å². The normalized spacial score (nSPS) is 19.2. The summed E-state index contributed by atoms with van der Waals surface area (Å²) in [5.41, 5.74) is 3.07. The lowest BCUT2D eigenvalue weighted by atomic mass is 9.75. The Labute approximate surface area is 331 Å². The van der Waals surface area contributed by atoms with Gasteiger partial charge in [-0.2, -0.15) is 8.42 Å².